The average Bonchev–Trinajstić information content (AvgIpc) is 2.64. The number of anilines is 1. The zero-order valence-electron chi connectivity index (χ0n) is 15.8. The normalized spacial score (nSPS) is 16.8. The predicted molar refractivity (Wildman–Crippen MR) is 99.2 cm³/mol. The van der Waals surface area contributed by atoms with Crippen LogP contribution in [0.1, 0.15) is 30.9 Å². The highest BCUT2D eigenvalue weighted by atomic mass is 19.4. The Kier molecular flexibility index (Phi) is 5.32. The molecule has 2 aromatic rings. The van der Waals surface area contributed by atoms with E-state index in [1.807, 2.05) is 4.90 Å². The maximum Gasteiger partial charge on any atom is 0.416 e. The summed E-state index contributed by atoms with van der Waals surface area (Å²) in [5, 5.41) is 0. The molecule has 8 heteroatoms. The van der Waals surface area contributed by atoms with Gasteiger partial charge in [0.2, 0.25) is 0 Å². The summed E-state index contributed by atoms with van der Waals surface area (Å²) in [5.41, 5.74) is -1.70. The lowest BCUT2D eigenvalue weighted by atomic mass is 9.74. The number of carbonyl (C=O) groups excluding carboxylic acids is 1. The number of aromatic nitrogens is 2. The second-order valence-corrected chi connectivity index (χ2v) is 7.47. The third kappa shape index (κ3) is 3.95. The van der Waals surface area contributed by atoms with Crippen LogP contribution in [0.25, 0.3) is 0 Å². The smallest absolute Gasteiger partial charge is 0.352 e. The fraction of sp³-hybridized carbons (Fsp3) is 0.450. The molecule has 0 N–H and O–H groups in total. The highest BCUT2D eigenvalue weighted by Crippen LogP contribution is 2.36. The fourth-order valence-corrected chi connectivity index (χ4v) is 3.53. The number of carbonyl (C=O) groups is 1. The molecule has 2 heterocycles. The van der Waals surface area contributed by atoms with Crippen LogP contribution in [0.5, 0.6) is 0 Å². The number of ketones is 1. The molecule has 1 aliphatic rings. The molecular formula is C20H22F3N3O2. The van der Waals surface area contributed by atoms with Gasteiger partial charge in [-0.05, 0) is 24.5 Å². The first-order chi connectivity index (χ1) is 13.1. The highest BCUT2D eigenvalue weighted by molar-refractivity contribution is 5.87. The van der Waals surface area contributed by atoms with E-state index >= 15 is 0 Å². The Bertz CT molecular complexity index is 929. The largest absolute Gasteiger partial charge is 0.416 e. The minimum absolute atomic E-state index is 0.00208. The van der Waals surface area contributed by atoms with Crippen molar-refractivity contribution >= 4 is 11.6 Å². The summed E-state index contributed by atoms with van der Waals surface area (Å²) < 4.78 is 41.0. The van der Waals surface area contributed by atoms with Gasteiger partial charge in [-0.2, -0.15) is 13.2 Å². The van der Waals surface area contributed by atoms with Crippen LogP contribution in [-0.2, 0) is 24.4 Å². The summed E-state index contributed by atoms with van der Waals surface area (Å²) >= 11 is 0. The molecule has 1 aromatic carbocycles. The third-order valence-corrected chi connectivity index (χ3v) is 5.51. The molecule has 0 radical (unpaired) electrons. The zero-order chi connectivity index (χ0) is 20.5. The number of halogens is 3. The van der Waals surface area contributed by atoms with Crippen molar-refractivity contribution in [1.29, 1.82) is 0 Å². The first kappa shape index (κ1) is 20.1. The van der Waals surface area contributed by atoms with Gasteiger partial charge in [-0.25, -0.2) is 4.98 Å². The van der Waals surface area contributed by atoms with Crippen molar-refractivity contribution in [3.8, 4) is 0 Å². The number of hydrogen-bond acceptors (Lipinski definition) is 4. The number of benzene rings is 1. The van der Waals surface area contributed by atoms with Crippen LogP contribution in [-0.4, -0.2) is 28.4 Å². The van der Waals surface area contributed by atoms with Gasteiger partial charge in [0.1, 0.15) is 5.78 Å². The Morgan fingerprint density at radius 1 is 1.21 bits per heavy atom. The number of hydrogen-bond donors (Lipinski definition) is 0. The Morgan fingerprint density at radius 2 is 1.86 bits per heavy atom. The molecular weight excluding hydrogens is 371 g/mol. The molecule has 0 saturated carbocycles. The Hall–Kier alpha value is -2.64. The number of rotatable bonds is 4. The van der Waals surface area contributed by atoms with Crippen molar-refractivity contribution in [1.82, 2.24) is 9.55 Å². The monoisotopic (exact) mass is 393 g/mol. The van der Waals surface area contributed by atoms with Crippen molar-refractivity contribution in [2.45, 2.75) is 32.4 Å². The molecule has 0 aliphatic carbocycles. The van der Waals surface area contributed by atoms with Gasteiger partial charge in [-0.3, -0.25) is 9.59 Å². The summed E-state index contributed by atoms with van der Waals surface area (Å²) in [7, 11) is 1.64. The van der Waals surface area contributed by atoms with Crippen LogP contribution in [0.4, 0.5) is 19.0 Å². The Morgan fingerprint density at radius 3 is 2.50 bits per heavy atom. The molecule has 0 spiro atoms. The van der Waals surface area contributed by atoms with E-state index in [-0.39, 0.29) is 23.3 Å². The van der Waals surface area contributed by atoms with E-state index < -0.39 is 17.2 Å². The zero-order valence-corrected chi connectivity index (χ0v) is 15.8. The summed E-state index contributed by atoms with van der Waals surface area (Å²) in [5.74, 6) is 0.125. The van der Waals surface area contributed by atoms with Crippen molar-refractivity contribution in [3.63, 3.8) is 0 Å². The lowest BCUT2D eigenvalue weighted by Crippen LogP contribution is -2.45. The van der Waals surface area contributed by atoms with E-state index in [1.165, 1.54) is 22.8 Å². The van der Waals surface area contributed by atoms with Crippen molar-refractivity contribution < 1.29 is 18.0 Å². The minimum Gasteiger partial charge on any atom is -0.352 e. The molecule has 0 bridgehead atoms. The van der Waals surface area contributed by atoms with Crippen LogP contribution in [0.2, 0.25) is 0 Å². The molecule has 1 saturated heterocycles. The van der Waals surface area contributed by atoms with E-state index in [9.17, 15) is 22.8 Å². The molecule has 1 fully saturated rings. The van der Waals surface area contributed by atoms with Crippen LogP contribution in [0.3, 0.4) is 0 Å². The Balaban J connectivity index is 1.73. The highest BCUT2D eigenvalue weighted by Gasteiger charge is 2.39. The van der Waals surface area contributed by atoms with Crippen molar-refractivity contribution in [2.75, 3.05) is 18.0 Å². The van der Waals surface area contributed by atoms with Gasteiger partial charge in [-0.15, -0.1) is 0 Å². The molecule has 150 valence electrons. The van der Waals surface area contributed by atoms with Gasteiger partial charge < -0.3 is 9.47 Å². The van der Waals surface area contributed by atoms with Crippen molar-refractivity contribution in [3.05, 3.63) is 58.1 Å². The predicted octanol–water partition coefficient (Wildman–Crippen LogP) is 3.22. The average molecular weight is 393 g/mol. The lowest BCUT2D eigenvalue weighted by Gasteiger charge is -2.38. The minimum atomic E-state index is -4.49. The maximum atomic E-state index is 13.2. The topological polar surface area (TPSA) is 55.2 Å². The first-order valence-corrected chi connectivity index (χ1v) is 9.07. The molecule has 28 heavy (non-hydrogen) atoms. The molecule has 5 nitrogen and oxygen atoms in total. The van der Waals surface area contributed by atoms with E-state index in [0.29, 0.717) is 31.7 Å². The van der Waals surface area contributed by atoms with Gasteiger partial charge in [0.25, 0.3) is 5.56 Å². The van der Waals surface area contributed by atoms with Gasteiger partial charge in [0.15, 0.2) is 5.82 Å². The van der Waals surface area contributed by atoms with Crippen LogP contribution in [0, 0.1) is 5.41 Å². The number of alkyl halides is 3. The van der Waals surface area contributed by atoms with Gasteiger partial charge in [0.05, 0.1) is 5.56 Å². The standard InChI is InChI=1S/C20H22F3N3O2/c1-19(16(27)13-14-5-3-4-6-15(14)20(21,22)23)7-10-26(11-8-19)17-18(28)25(2)12-9-24-17/h3-6,9,12H,7-8,10-11,13H2,1-2H3. The molecule has 1 aliphatic heterocycles. The van der Waals surface area contributed by atoms with E-state index in [2.05, 4.69) is 4.98 Å². The van der Waals surface area contributed by atoms with Crippen LogP contribution in [0.15, 0.2) is 41.5 Å². The van der Waals surface area contributed by atoms with Crippen LogP contribution >= 0.6 is 0 Å². The molecule has 0 unspecified atom stereocenters. The summed E-state index contributed by atoms with van der Waals surface area (Å²) in [4.78, 5) is 31.1. The van der Waals surface area contributed by atoms with Gasteiger partial charge in [-0.1, -0.05) is 25.1 Å². The van der Waals surface area contributed by atoms with E-state index in [4.69, 9.17) is 0 Å². The summed E-state index contributed by atoms with van der Waals surface area (Å²) in [6.07, 6.45) is -0.706. The van der Waals surface area contributed by atoms with Gasteiger partial charge >= 0.3 is 6.18 Å². The maximum absolute atomic E-state index is 13.2. The second kappa shape index (κ2) is 7.41. The summed E-state index contributed by atoms with van der Waals surface area (Å²) in [6, 6.07) is 5.20. The molecule has 0 atom stereocenters. The van der Waals surface area contributed by atoms with Crippen molar-refractivity contribution in [2.24, 2.45) is 12.5 Å². The first-order valence-electron chi connectivity index (χ1n) is 9.07. The molecule has 1 aromatic heterocycles. The third-order valence-electron chi connectivity index (χ3n) is 5.51. The molecule has 3 rings (SSSR count). The number of piperidine rings is 1. The number of Topliss-reactive ketones (excluding diaryl/α,β-unsaturated/α-hetero) is 1. The number of nitrogens with zero attached hydrogens (tertiary/aromatic N) is 3. The quantitative estimate of drug-likeness (QED) is 0.801. The van der Waals surface area contributed by atoms with Gasteiger partial charge in [0, 0.05) is 44.4 Å². The summed E-state index contributed by atoms with van der Waals surface area (Å²) in [6.45, 7) is 2.70. The SMILES string of the molecule is Cn1ccnc(N2CCC(C)(C(=O)Cc3ccccc3C(F)(F)F)CC2)c1=O. The Labute approximate surface area is 160 Å². The lowest BCUT2D eigenvalue weighted by molar-refractivity contribution is -0.138. The van der Waals surface area contributed by atoms with E-state index in [1.54, 1.807) is 26.4 Å². The fourth-order valence-electron chi connectivity index (χ4n) is 3.53. The van der Waals surface area contributed by atoms with E-state index in [0.717, 1.165) is 6.07 Å². The second-order valence-electron chi connectivity index (χ2n) is 7.47. The molecule has 0 amide bonds. The number of aryl methyl sites for hydroxylation is 1. The van der Waals surface area contributed by atoms with Crippen LogP contribution < -0.4 is 10.5 Å².